The fourth-order valence-corrected chi connectivity index (χ4v) is 1.34. The first-order valence-electron chi connectivity index (χ1n) is 12.6. The molecule has 0 saturated carbocycles. The minimum atomic E-state index is -0.125. The van der Waals surface area contributed by atoms with Crippen molar-refractivity contribution >= 4 is 6.41 Å². The summed E-state index contributed by atoms with van der Waals surface area (Å²) in [5, 5.41) is 80.0. The van der Waals surface area contributed by atoms with E-state index in [0.717, 1.165) is 5.56 Å². The van der Waals surface area contributed by atoms with E-state index in [1.54, 1.807) is 0 Å². The average molecular weight is 609 g/mol. The molecule has 1 aromatic carbocycles. The Bertz CT molecular complexity index is 459. The zero-order valence-electron chi connectivity index (χ0n) is 24.0. The van der Waals surface area contributed by atoms with E-state index in [-0.39, 0.29) is 72.5 Å². The first kappa shape index (κ1) is 51.8. The van der Waals surface area contributed by atoms with E-state index < -0.39 is 0 Å². The van der Waals surface area contributed by atoms with E-state index in [0.29, 0.717) is 52.6 Å². The third-order valence-corrected chi connectivity index (χ3v) is 2.89. The number of carbonyl (C=O) groups is 1. The highest BCUT2D eigenvalue weighted by Gasteiger charge is 1.86. The molecular formula is C25H56N2O14. The van der Waals surface area contributed by atoms with Gasteiger partial charge in [0.25, 0.3) is 0 Å². The molecule has 0 heterocycles. The second-order valence-corrected chi connectivity index (χ2v) is 6.27. The number of primary amides is 1. The molecule has 1 aromatic rings. The fraction of sp³-hybridized carbons (Fsp3) is 0.720. The van der Waals surface area contributed by atoms with Gasteiger partial charge in [-0.05, 0) is 12.0 Å². The second kappa shape index (κ2) is 66.4. The van der Waals surface area contributed by atoms with Gasteiger partial charge in [0.15, 0.2) is 0 Å². The van der Waals surface area contributed by atoms with Gasteiger partial charge in [0.2, 0.25) is 6.41 Å². The van der Waals surface area contributed by atoms with Crippen molar-refractivity contribution in [3.05, 3.63) is 35.9 Å². The van der Waals surface area contributed by atoms with Crippen molar-refractivity contribution in [3.63, 3.8) is 0 Å². The van der Waals surface area contributed by atoms with E-state index in [9.17, 15) is 0 Å². The monoisotopic (exact) mass is 608 g/mol. The van der Waals surface area contributed by atoms with E-state index in [2.05, 4.69) is 10.5 Å². The summed E-state index contributed by atoms with van der Waals surface area (Å²) in [5.41, 5.74) is 9.91. The van der Waals surface area contributed by atoms with Crippen LogP contribution in [0.2, 0.25) is 0 Å². The van der Waals surface area contributed by atoms with Crippen molar-refractivity contribution in [1.82, 2.24) is 0 Å². The van der Waals surface area contributed by atoms with Gasteiger partial charge in [0.05, 0.1) is 92.5 Å². The molecule has 0 aliphatic heterocycles. The van der Waals surface area contributed by atoms with E-state index in [1.165, 1.54) is 0 Å². The van der Waals surface area contributed by atoms with Crippen LogP contribution in [0.3, 0.4) is 0 Å². The maximum absolute atomic E-state index is 8.58. The van der Waals surface area contributed by atoms with Crippen molar-refractivity contribution in [2.75, 3.05) is 106 Å². The fourth-order valence-electron chi connectivity index (χ4n) is 1.34. The number of nitrogens with two attached hydrogens (primary N) is 2. The molecule has 1 rings (SSSR count). The van der Waals surface area contributed by atoms with Crippen LogP contribution < -0.4 is 11.5 Å². The van der Waals surface area contributed by atoms with Crippen LogP contribution in [0.4, 0.5) is 0 Å². The van der Waals surface area contributed by atoms with Crippen LogP contribution in [0.1, 0.15) is 12.0 Å². The lowest BCUT2D eigenvalue weighted by Gasteiger charge is -2.01. The molecule has 0 saturated heterocycles. The molecule has 0 radical (unpaired) electrons. The number of carbonyl (C=O) groups excluding carboxylic acids is 1. The lowest BCUT2D eigenvalue weighted by molar-refractivity contribution is -0.106. The van der Waals surface area contributed by atoms with Crippen molar-refractivity contribution in [1.29, 1.82) is 0 Å². The van der Waals surface area contributed by atoms with E-state index in [4.69, 9.17) is 71.1 Å². The molecule has 0 aromatic heterocycles. The highest BCUT2D eigenvalue weighted by molar-refractivity contribution is 5.42. The average Bonchev–Trinajstić information content (AvgIpc) is 3.01. The van der Waals surface area contributed by atoms with Crippen LogP contribution in [0.25, 0.3) is 0 Å². The topological polar surface area (TPSA) is 299 Å². The van der Waals surface area contributed by atoms with Gasteiger partial charge in [0.1, 0.15) is 0 Å². The number of rotatable bonds is 16. The molecule has 0 aliphatic carbocycles. The number of benzene rings is 1. The van der Waals surface area contributed by atoms with Crippen LogP contribution in [0.5, 0.6) is 0 Å². The maximum atomic E-state index is 8.58. The van der Waals surface area contributed by atoms with Crippen LogP contribution in [-0.2, 0) is 25.6 Å². The molecule has 0 bridgehead atoms. The Morgan fingerprint density at radius 1 is 0.537 bits per heavy atom. The van der Waals surface area contributed by atoms with Crippen LogP contribution in [0, 0.1) is 0 Å². The third-order valence-electron chi connectivity index (χ3n) is 2.89. The summed E-state index contributed by atoms with van der Waals surface area (Å²) < 4.78 is 14.4. The molecule has 16 nitrogen and oxygen atoms in total. The first-order chi connectivity index (χ1) is 19.9. The zero-order chi connectivity index (χ0) is 32.7. The molecule has 41 heavy (non-hydrogen) atoms. The lowest BCUT2D eigenvalue weighted by Crippen LogP contribution is -2.09. The Morgan fingerprint density at radius 2 is 0.854 bits per heavy atom. The number of amides is 1. The molecule has 0 fully saturated rings. The van der Waals surface area contributed by atoms with Gasteiger partial charge in [-0.2, -0.15) is 0 Å². The van der Waals surface area contributed by atoms with Gasteiger partial charge in [-0.15, -0.1) is 0 Å². The Labute approximate surface area is 243 Å². The summed E-state index contributed by atoms with van der Waals surface area (Å²) in [4.78, 5) is 8.58. The predicted octanol–water partition coefficient (Wildman–Crippen LogP) is -4.46. The standard InChI is InChI=1S/C7H8O.C6H14O4.C4H10O3.C3H8O2.C2H7NO.C2H6O2.CH3NO/c8-6-7-4-2-1-3-5-7;7-1-3-9-5-6-10-4-2-8;5-1-3-7-4-2-6;4-2-1-3-5;2*3-1-2-4;2-1-3/h1-5,8H,6H2;7-8H,1-6H2;5-6H,1-4H2;4-5H,1-3H2;4H,1-3H2;3-4H,1-2H2;1H,(H2,2,3). The first-order valence-corrected chi connectivity index (χ1v) is 12.6. The van der Waals surface area contributed by atoms with Crippen LogP contribution in [0.15, 0.2) is 30.3 Å². The van der Waals surface area contributed by atoms with Crippen LogP contribution in [-0.4, -0.2) is 163 Å². The van der Waals surface area contributed by atoms with Gasteiger partial charge in [-0.25, -0.2) is 0 Å². The maximum Gasteiger partial charge on any atom is 0.204 e. The molecule has 0 aliphatic rings. The molecule has 0 atom stereocenters. The minimum Gasteiger partial charge on any atom is -0.396 e. The highest BCUT2D eigenvalue weighted by Crippen LogP contribution is 1.95. The number of aliphatic hydroxyl groups is 10. The van der Waals surface area contributed by atoms with Gasteiger partial charge >= 0.3 is 0 Å². The molecule has 0 spiro atoms. The van der Waals surface area contributed by atoms with Crippen molar-refractivity contribution in [3.8, 4) is 0 Å². The number of ether oxygens (including phenoxy) is 3. The number of hydrogen-bond donors (Lipinski definition) is 12. The molecule has 14 N–H and O–H groups in total. The van der Waals surface area contributed by atoms with Gasteiger partial charge in [0, 0.05) is 19.8 Å². The summed E-state index contributed by atoms with van der Waals surface area (Å²) in [5.74, 6) is 0. The summed E-state index contributed by atoms with van der Waals surface area (Å²) in [6, 6.07) is 9.52. The molecule has 250 valence electrons. The second-order valence-electron chi connectivity index (χ2n) is 6.27. The summed E-state index contributed by atoms with van der Waals surface area (Å²) >= 11 is 0. The predicted molar refractivity (Wildman–Crippen MR) is 153 cm³/mol. The van der Waals surface area contributed by atoms with Crippen molar-refractivity contribution < 1.29 is 70.1 Å². The Morgan fingerprint density at radius 3 is 1.02 bits per heavy atom. The Balaban J connectivity index is -0.0000000906. The van der Waals surface area contributed by atoms with E-state index in [1.807, 2.05) is 30.3 Å². The van der Waals surface area contributed by atoms with Gasteiger partial charge in [-0.1, -0.05) is 30.3 Å². The summed E-state index contributed by atoms with van der Waals surface area (Å²) in [6.45, 7) is 2.97. The SMILES string of the molecule is NC=O.NCCO.OCCCO.OCCO.OCCOCCO.OCCOCCOCCO.OCc1ccccc1. The summed E-state index contributed by atoms with van der Waals surface area (Å²) in [7, 11) is 0. The molecular weight excluding hydrogens is 552 g/mol. The van der Waals surface area contributed by atoms with Crippen molar-refractivity contribution in [2.45, 2.75) is 13.0 Å². The highest BCUT2D eigenvalue weighted by atomic mass is 16.5. The van der Waals surface area contributed by atoms with Gasteiger partial charge in [-0.3, -0.25) is 4.79 Å². The van der Waals surface area contributed by atoms with Crippen molar-refractivity contribution in [2.24, 2.45) is 11.5 Å². The number of hydrogen-bond acceptors (Lipinski definition) is 15. The quantitative estimate of drug-likeness (QED) is 0.0622. The molecule has 0 unspecified atom stereocenters. The normalized spacial score (nSPS) is 8.66. The van der Waals surface area contributed by atoms with Crippen LogP contribution >= 0.6 is 0 Å². The zero-order valence-corrected chi connectivity index (χ0v) is 24.0. The minimum absolute atomic E-state index is 0.0278. The molecule has 1 amide bonds. The summed E-state index contributed by atoms with van der Waals surface area (Å²) in [6.07, 6.45) is 0.750. The largest absolute Gasteiger partial charge is 0.396 e. The Kier molecular flexibility index (Phi) is 84.0. The smallest absolute Gasteiger partial charge is 0.204 e. The van der Waals surface area contributed by atoms with E-state index >= 15 is 0 Å². The Hall–Kier alpha value is -1.87. The lowest BCUT2D eigenvalue weighted by atomic mass is 10.2. The molecule has 16 heteroatoms. The third kappa shape index (κ3) is 93.0. The number of aliphatic hydroxyl groups excluding tert-OH is 10. The van der Waals surface area contributed by atoms with Gasteiger partial charge < -0.3 is 76.7 Å².